The lowest BCUT2D eigenvalue weighted by atomic mass is 10.00. The lowest BCUT2D eigenvalue weighted by molar-refractivity contribution is -0.137. The largest absolute Gasteiger partial charge is 0.592 e. The zero-order chi connectivity index (χ0) is 23.0. The predicted octanol–water partition coefficient (Wildman–Crippen LogP) is 1.85. The van der Waals surface area contributed by atoms with Crippen molar-refractivity contribution in [1.29, 1.82) is 0 Å². The van der Waals surface area contributed by atoms with Crippen molar-refractivity contribution in [2.45, 2.75) is 17.3 Å². The van der Waals surface area contributed by atoms with Gasteiger partial charge < -0.3 is 13.5 Å². The van der Waals surface area contributed by atoms with Gasteiger partial charge in [0.15, 0.2) is 5.76 Å². The van der Waals surface area contributed by atoms with Gasteiger partial charge in [-0.05, 0) is 17.7 Å². The van der Waals surface area contributed by atoms with Crippen LogP contribution in [0.1, 0.15) is 5.56 Å². The summed E-state index contributed by atoms with van der Waals surface area (Å²) in [5.41, 5.74) is -6.60. The van der Waals surface area contributed by atoms with E-state index in [4.69, 9.17) is 0 Å². The number of ether oxygens (including phenoxy) is 1. The van der Waals surface area contributed by atoms with Gasteiger partial charge in [0.1, 0.15) is 0 Å². The molecule has 0 aromatic heterocycles. The second kappa shape index (κ2) is 8.40. The molecule has 31 heavy (non-hydrogen) atoms. The quantitative estimate of drug-likeness (QED) is 0.273. The van der Waals surface area contributed by atoms with Crippen LogP contribution >= 0.6 is 0 Å². The van der Waals surface area contributed by atoms with E-state index in [9.17, 15) is 35.7 Å². The van der Waals surface area contributed by atoms with Gasteiger partial charge in [-0.1, -0.05) is 36.4 Å². The number of rotatable bonds is 5. The van der Waals surface area contributed by atoms with E-state index in [0.717, 1.165) is 29.6 Å². The summed E-state index contributed by atoms with van der Waals surface area (Å²) in [6, 6.07) is 8.07. The van der Waals surface area contributed by atoms with Gasteiger partial charge in [-0.3, -0.25) is 4.79 Å². The van der Waals surface area contributed by atoms with E-state index in [-0.39, 0.29) is 6.54 Å². The minimum Gasteiger partial charge on any atom is -0.592 e. The number of carbonyl (C=O) groups excluding carboxylic acids is 2. The second-order valence-corrected chi connectivity index (χ2v) is 9.22. The Bertz CT molecular complexity index is 1090. The van der Waals surface area contributed by atoms with Crippen LogP contribution in [0.2, 0.25) is 0 Å². The highest BCUT2D eigenvalue weighted by Gasteiger charge is 2.55. The fraction of sp³-hybridized carbons (Fsp3) is 0.222. The first kappa shape index (κ1) is 22.9. The van der Waals surface area contributed by atoms with Crippen molar-refractivity contribution in [2.24, 2.45) is 0 Å². The first-order chi connectivity index (χ1) is 14.5. The monoisotopic (exact) mass is 477 g/mol. The van der Waals surface area contributed by atoms with Crippen LogP contribution in [-0.2, 0) is 46.5 Å². The average molecular weight is 477 g/mol. The van der Waals surface area contributed by atoms with Gasteiger partial charge in [-0.25, -0.2) is 4.79 Å². The number of halogens is 3. The topological polar surface area (TPSA) is 113 Å². The van der Waals surface area contributed by atoms with E-state index in [1.807, 2.05) is 0 Å². The van der Waals surface area contributed by atoms with Crippen molar-refractivity contribution in [3.05, 3.63) is 71.2 Å². The number of benzene rings is 1. The lowest BCUT2D eigenvalue weighted by Gasteiger charge is -2.37. The maximum atomic E-state index is 13.2. The van der Waals surface area contributed by atoms with Crippen molar-refractivity contribution in [2.75, 3.05) is 7.11 Å². The van der Waals surface area contributed by atoms with Crippen molar-refractivity contribution in [1.82, 2.24) is 4.31 Å². The minimum atomic E-state index is -6.22. The number of allylic oxidation sites excluding steroid dienone is 4. The van der Waals surface area contributed by atoms with Gasteiger partial charge in [0, 0.05) is 0 Å². The Labute approximate surface area is 178 Å². The molecule has 1 heterocycles. The zero-order valence-corrected chi connectivity index (χ0v) is 17.3. The Morgan fingerprint density at radius 2 is 1.90 bits per heavy atom. The number of hydrogen-bond donors (Lipinski definition) is 0. The maximum absolute atomic E-state index is 13.2. The van der Waals surface area contributed by atoms with Gasteiger partial charge in [0.2, 0.25) is 16.7 Å². The predicted molar refractivity (Wildman–Crippen MR) is 101 cm³/mol. The molecule has 0 radical (unpaired) electrons. The van der Waals surface area contributed by atoms with Crippen LogP contribution in [0.25, 0.3) is 0 Å². The lowest BCUT2D eigenvalue weighted by Crippen LogP contribution is -2.50. The molecule has 0 N–H and O–H groups in total. The maximum Gasteiger partial charge on any atom is 0.534 e. The van der Waals surface area contributed by atoms with Gasteiger partial charge in [-0.15, -0.1) is 0 Å². The molecule has 1 aliphatic carbocycles. The molecule has 0 saturated carbocycles. The van der Waals surface area contributed by atoms with E-state index in [1.165, 1.54) is 0 Å². The summed E-state index contributed by atoms with van der Waals surface area (Å²) in [6.07, 6.45) is 3.22. The molecular formula is C18H14F3NO7S2. The van der Waals surface area contributed by atoms with Crippen LogP contribution in [-0.4, -0.2) is 46.9 Å². The number of methoxy groups -OCH3 is 1. The zero-order valence-electron chi connectivity index (χ0n) is 15.7. The summed E-state index contributed by atoms with van der Waals surface area (Å²) in [5.74, 6) is -3.12. The number of hydrogen-bond acceptors (Lipinski definition) is 8. The fourth-order valence-corrected chi connectivity index (χ4v) is 4.91. The molecule has 166 valence electrons. The standard InChI is InChI=1S/C18H14F3NO7S2/c1-28-17(24)14-15(29-31(26,27)18(19,20)21)12-8-5-9-13(23)16(12)30(25)22(14)10-11-6-3-2-4-7-11/h2-9,16H,10H2,1H3. The van der Waals surface area contributed by atoms with E-state index in [1.54, 1.807) is 30.3 Å². The Morgan fingerprint density at radius 3 is 2.48 bits per heavy atom. The average Bonchev–Trinajstić information content (AvgIpc) is 2.70. The molecule has 2 aliphatic rings. The van der Waals surface area contributed by atoms with Gasteiger partial charge in [-0.2, -0.15) is 25.9 Å². The van der Waals surface area contributed by atoms with Gasteiger partial charge in [0.25, 0.3) is 0 Å². The highest BCUT2D eigenvalue weighted by atomic mass is 32.2. The van der Waals surface area contributed by atoms with Crippen LogP contribution in [0.4, 0.5) is 13.2 Å². The molecule has 0 fully saturated rings. The van der Waals surface area contributed by atoms with Gasteiger partial charge >= 0.3 is 21.6 Å². The molecule has 3 rings (SSSR count). The summed E-state index contributed by atoms with van der Waals surface area (Å²) < 4.78 is 85.3. The number of carbonyl (C=O) groups is 2. The molecule has 0 saturated heterocycles. The normalized spacial score (nSPS) is 21.5. The molecule has 0 spiro atoms. The molecule has 1 aromatic rings. The molecule has 0 amide bonds. The molecule has 2 atom stereocenters. The Morgan fingerprint density at radius 1 is 1.26 bits per heavy atom. The molecule has 2 unspecified atom stereocenters. The summed E-state index contributed by atoms with van der Waals surface area (Å²) in [5, 5.41) is -1.57. The Hall–Kier alpha value is -2.77. The molecule has 0 bridgehead atoms. The third-order valence-corrected chi connectivity index (χ3v) is 6.84. The second-order valence-electron chi connectivity index (χ2n) is 6.21. The van der Waals surface area contributed by atoms with Crippen LogP contribution in [0.5, 0.6) is 0 Å². The Kier molecular flexibility index (Phi) is 6.21. The highest BCUT2D eigenvalue weighted by molar-refractivity contribution is 7.91. The van der Waals surface area contributed by atoms with Crippen LogP contribution in [0, 0.1) is 0 Å². The van der Waals surface area contributed by atoms with Crippen LogP contribution in [0.15, 0.2) is 65.6 Å². The fourth-order valence-electron chi connectivity index (χ4n) is 2.87. The number of nitrogens with zero attached hydrogens (tertiary/aromatic N) is 1. The van der Waals surface area contributed by atoms with E-state index >= 15 is 0 Å². The third kappa shape index (κ3) is 4.34. The SMILES string of the molecule is COC(=O)C1=C(OS(=O)(=O)C(F)(F)F)C2=CC=CC(=O)C2[S+]([O-])N1Cc1ccccc1. The molecular weight excluding hydrogens is 463 g/mol. The smallest absolute Gasteiger partial charge is 0.534 e. The third-order valence-electron chi connectivity index (χ3n) is 4.25. The first-order valence-electron chi connectivity index (χ1n) is 8.46. The van der Waals surface area contributed by atoms with Crippen molar-refractivity contribution in [3.8, 4) is 0 Å². The summed E-state index contributed by atoms with van der Waals surface area (Å²) in [6.45, 7) is -0.308. The minimum absolute atomic E-state index is 0.308. The number of alkyl halides is 3. The number of esters is 1. The molecule has 1 aliphatic heterocycles. The van der Waals surface area contributed by atoms with E-state index in [2.05, 4.69) is 8.92 Å². The van der Waals surface area contributed by atoms with E-state index < -0.39 is 61.0 Å². The molecule has 8 nitrogen and oxygen atoms in total. The summed E-state index contributed by atoms with van der Waals surface area (Å²) in [7, 11) is -5.32. The van der Waals surface area contributed by atoms with Crippen molar-refractivity contribution in [3.63, 3.8) is 0 Å². The molecule has 13 heteroatoms. The van der Waals surface area contributed by atoms with Crippen molar-refractivity contribution >= 4 is 33.2 Å². The summed E-state index contributed by atoms with van der Waals surface area (Å²) in [4.78, 5) is 24.9. The Balaban J connectivity index is 2.24. The highest BCUT2D eigenvalue weighted by Crippen LogP contribution is 2.41. The van der Waals surface area contributed by atoms with Crippen LogP contribution < -0.4 is 0 Å². The van der Waals surface area contributed by atoms with Crippen LogP contribution in [0.3, 0.4) is 0 Å². The summed E-state index contributed by atoms with van der Waals surface area (Å²) >= 11 is -2.30. The first-order valence-corrected chi connectivity index (χ1v) is 11.0. The van der Waals surface area contributed by atoms with E-state index in [0.29, 0.717) is 5.56 Å². The van der Waals surface area contributed by atoms with Crippen molar-refractivity contribution < 1.29 is 44.7 Å². The molecule has 1 aromatic carbocycles. The number of ketones is 1. The number of fused-ring (bicyclic) bond motifs is 1. The van der Waals surface area contributed by atoms with Gasteiger partial charge in [0.05, 0.1) is 30.6 Å².